The Bertz CT molecular complexity index is 685. The number of aromatic nitrogens is 1. The van der Waals surface area contributed by atoms with E-state index in [-0.39, 0.29) is 5.03 Å². The average Bonchev–Trinajstić information content (AvgIpc) is 2.48. The van der Waals surface area contributed by atoms with Crippen LogP contribution in [0.25, 0.3) is 0 Å². The normalized spacial score (nSPS) is 11.3. The van der Waals surface area contributed by atoms with Crippen LogP contribution in [0.5, 0.6) is 0 Å². The summed E-state index contributed by atoms with van der Waals surface area (Å²) < 4.78 is 28.0. The van der Waals surface area contributed by atoms with Gasteiger partial charge in [0.2, 0.25) is 0 Å². The van der Waals surface area contributed by atoms with Gasteiger partial charge in [-0.3, -0.25) is 4.72 Å². The largest absolute Gasteiger partial charge is 0.313 e. The minimum Gasteiger partial charge on any atom is -0.313 e. The lowest BCUT2D eigenvalue weighted by Crippen LogP contribution is -2.15. The number of benzene rings is 1. The van der Waals surface area contributed by atoms with Crippen molar-refractivity contribution in [2.45, 2.75) is 18.5 Å². The van der Waals surface area contributed by atoms with Gasteiger partial charge in [0.1, 0.15) is 0 Å². The van der Waals surface area contributed by atoms with E-state index in [0.29, 0.717) is 12.2 Å². The molecule has 7 heteroatoms. The Morgan fingerprint density at radius 2 is 1.86 bits per heavy atom. The smallest absolute Gasteiger partial charge is 0.279 e. The van der Waals surface area contributed by atoms with Crippen LogP contribution in [0.15, 0.2) is 47.6 Å². The number of nitrogens with one attached hydrogen (secondary N) is 2. The third-order valence-electron chi connectivity index (χ3n) is 2.75. The van der Waals surface area contributed by atoms with Gasteiger partial charge in [0.25, 0.3) is 10.0 Å². The van der Waals surface area contributed by atoms with Crippen molar-refractivity contribution in [2.75, 3.05) is 11.3 Å². The van der Waals surface area contributed by atoms with Crippen LogP contribution < -0.4 is 10.0 Å². The molecule has 0 atom stereocenters. The van der Waals surface area contributed by atoms with Crippen LogP contribution >= 0.6 is 22.6 Å². The molecule has 0 spiro atoms. The van der Waals surface area contributed by atoms with Crippen LogP contribution in [0.1, 0.15) is 12.5 Å². The van der Waals surface area contributed by atoms with Gasteiger partial charge in [0, 0.05) is 22.0 Å². The topological polar surface area (TPSA) is 71.1 Å². The van der Waals surface area contributed by atoms with Crippen molar-refractivity contribution in [2.24, 2.45) is 0 Å². The molecule has 1 aromatic carbocycles. The first kappa shape index (κ1) is 16.2. The van der Waals surface area contributed by atoms with Gasteiger partial charge in [-0.1, -0.05) is 13.0 Å². The molecule has 1 heterocycles. The van der Waals surface area contributed by atoms with E-state index >= 15 is 0 Å². The summed E-state index contributed by atoms with van der Waals surface area (Å²) in [5.74, 6) is 0. The lowest BCUT2D eigenvalue weighted by atomic mass is 10.3. The predicted octanol–water partition coefficient (Wildman–Crippen LogP) is 2.60. The second-order valence-electron chi connectivity index (χ2n) is 4.40. The van der Waals surface area contributed by atoms with E-state index in [1.807, 2.05) is 19.1 Å². The molecule has 0 saturated heterocycles. The van der Waals surface area contributed by atoms with Crippen LogP contribution in [-0.2, 0) is 16.6 Å². The minimum absolute atomic E-state index is 0.0151. The third kappa shape index (κ3) is 4.65. The molecule has 5 nitrogen and oxygen atoms in total. The number of hydrogen-bond donors (Lipinski definition) is 2. The van der Waals surface area contributed by atoms with Crippen molar-refractivity contribution in [3.8, 4) is 0 Å². The van der Waals surface area contributed by atoms with Crippen molar-refractivity contribution < 1.29 is 8.42 Å². The highest BCUT2D eigenvalue weighted by Crippen LogP contribution is 2.16. The van der Waals surface area contributed by atoms with Gasteiger partial charge < -0.3 is 5.32 Å². The molecule has 0 radical (unpaired) electrons. The molecule has 2 N–H and O–H groups in total. The molecule has 2 aromatic rings. The van der Waals surface area contributed by atoms with Crippen molar-refractivity contribution in [1.29, 1.82) is 0 Å². The van der Waals surface area contributed by atoms with E-state index in [1.54, 1.807) is 24.4 Å². The highest BCUT2D eigenvalue weighted by atomic mass is 127. The van der Waals surface area contributed by atoms with E-state index in [9.17, 15) is 8.42 Å². The fourth-order valence-corrected chi connectivity index (χ4v) is 3.02. The van der Waals surface area contributed by atoms with Crippen molar-refractivity contribution >= 4 is 38.3 Å². The first-order valence-electron chi connectivity index (χ1n) is 6.45. The Labute approximate surface area is 138 Å². The molecule has 2 rings (SSSR count). The molecular formula is C14H16IN3O2S. The van der Waals surface area contributed by atoms with E-state index in [2.05, 4.69) is 37.6 Å². The number of halogens is 1. The van der Waals surface area contributed by atoms with E-state index in [0.717, 1.165) is 15.7 Å². The van der Waals surface area contributed by atoms with Gasteiger partial charge in [-0.2, -0.15) is 8.42 Å². The molecule has 1 aromatic heterocycles. The second kappa shape index (κ2) is 7.19. The van der Waals surface area contributed by atoms with Crippen molar-refractivity contribution in [3.63, 3.8) is 0 Å². The van der Waals surface area contributed by atoms with Gasteiger partial charge in [-0.25, -0.2) is 4.98 Å². The van der Waals surface area contributed by atoms with Crippen molar-refractivity contribution in [1.82, 2.24) is 10.3 Å². The minimum atomic E-state index is -3.65. The molecule has 0 aliphatic heterocycles. The zero-order valence-electron chi connectivity index (χ0n) is 11.5. The van der Waals surface area contributed by atoms with Crippen LogP contribution in [0, 0.1) is 3.57 Å². The van der Waals surface area contributed by atoms with E-state index < -0.39 is 10.0 Å². The van der Waals surface area contributed by atoms with Crippen LogP contribution in [-0.4, -0.2) is 19.9 Å². The highest BCUT2D eigenvalue weighted by molar-refractivity contribution is 14.1. The summed E-state index contributed by atoms with van der Waals surface area (Å²) in [5.41, 5.74) is 1.47. The Morgan fingerprint density at radius 3 is 2.43 bits per heavy atom. The maximum absolute atomic E-state index is 12.2. The van der Waals surface area contributed by atoms with E-state index in [1.165, 1.54) is 6.07 Å². The summed E-state index contributed by atoms with van der Waals surface area (Å²) in [6.07, 6.45) is 1.57. The number of sulfonamides is 1. The standard InChI is InChI=1S/C14H16IN3O2S/c1-2-16-9-11-3-8-14(17-10-11)21(19,20)18-13-6-4-12(15)5-7-13/h3-8,10,16,18H,2,9H2,1H3. The Kier molecular flexibility index (Phi) is 5.54. The third-order valence-corrected chi connectivity index (χ3v) is 4.76. The molecule has 0 bridgehead atoms. The molecule has 0 aliphatic rings. The second-order valence-corrected chi connectivity index (χ2v) is 7.27. The number of nitrogens with zero attached hydrogens (tertiary/aromatic N) is 1. The Balaban J connectivity index is 2.13. The highest BCUT2D eigenvalue weighted by Gasteiger charge is 2.15. The Hall–Kier alpha value is -1.19. The first-order chi connectivity index (χ1) is 10.0. The van der Waals surface area contributed by atoms with Crippen LogP contribution in [0.3, 0.4) is 0 Å². The fourth-order valence-electron chi connectivity index (χ4n) is 1.67. The van der Waals surface area contributed by atoms with Gasteiger partial charge in [-0.05, 0) is 65.0 Å². The van der Waals surface area contributed by atoms with Crippen LogP contribution in [0.2, 0.25) is 0 Å². The molecule has 0 saturated carbocycles. The number of rotatable bonds is 6. The zero-order valence-corrected chi connectivity index (χ0v) is 14.5. The molecule has 0 unspecified atom stereocenters. The number of anilines is 1. The van der Waals surface area contributed by atoms with Gasteiger partial charge in [0.05, 0.1) is 0 Å². The van der Waals surface area contributed by atoms with Crippen LogP contribution in [0.4, 0.5) is 5.69 Å². The maximum atomic E-state index is 12.2. The average molecular weight is 417 g/mol. The predicted molar refractivity (Wildman–Crippen MR) is 91.6 cm³/mol. The summed E-state index contributed by atoms with van der Waals surface area (Å²) in [7, 11) is -3.65. The quantitative estimate of drug-likeness (QED) is 0.709. The molecule has 0 amide bonds. The SMILES string of the molecule is CCNCc1ccc(S(=O)(=O)Nc2ccc(I)cc2)nc1. The number of pyridine rings is 1. The van der Waals surface area contributed by atoms with Gasteiger partial charge in [0.15, 0.2) is 5.03 Å². The zero-order chi connectivity index (χ0) is 15.3. The summed E-state index contributed by atoms with van der Waals surface area (Å²) in [6.45, 7) is 3.54. The molecule has 112 valence electrons. The monoisotopic (exact) mass is 417 g/mol. The molecular weight excluding hydrogens is 401 g/mol. The Morgan fingerprint density at radius 1 is 1.14 bits per heavy atom. The lowest BCUT2D eigenvalue weighted by molar-refractivity contribution is 0.597. The summed E-state index contributed by atoms with van der Waals surface area (Å²) in [5, 5.41) is 3.18. The van der Waals surface area contributed by atoms with E-state index in [4.69, 9.17) is 0 Å². The summed E-state index contributed by atoms with van der Waals surface area (Å²) in [4.78, 5) is 4.03. The summed E-state index contributed by atoms with van der Waals surface area (Å²) >= 11 is 2.16. The molecule has 0 fully saturated rings. The molecule has 0 aliphatic carbocycles. The maximum Gasteiger partial charge on any atom is 0.279 e. The molecule has 21 heavy (non-hydrogen) atoms. The van der Waals surface area contributed by atoms with Gasteiger partial charge in [-0.15, -0.1) is 0 Å². The first-order valence-corrected chi connectivity index (χ1v) is 9.01. The summed E-state index contributed by atoms with van der Waals surface area (Å²) in [6, 6.07) is 10.4. The fraction of sp³-hybridized carbons (Fsp3) is 0.214. The van der Waals surface area contributed by atoms with Crippen molar-refractivity contribution in [3.05, 3.63) is 51.7 Å². The number of hydrogen-bond acceptors (Lipinski definition) is 4. The van der Waals surface area contributed by atoms with Gasteiger partial charge >= 0.3 is 0 Å². The lowest BCUT2D eigenvalue weighted by Gasteiger charge is -2.08.